The van der Waals surface area contributed by atoms with Crippen LogP contribution in [-0.2, 0) is 0 Å². The Morgan fingerprint density at radius 2 is 2.17 bits per heavy atom. The topological polar surface area (TPSA) is 30.9 Å². The summed E-state index contributed by atoms with van der Waals surface area (Å²) < 4.78 is 14.8. The van der Waals surface area contributed by atoms with Crippen LogP contribution < -0.4 is 5.73 Å². The first-order valence-corrected chi connectivity index (χ1v) is 4.12. The zero-order valence-electron chi connectivity index (χ0n) is 6.09. The number of benzene rings is 1. The summed E-state index contributed by atoms with van der Waals surface area (Å²) >= 11 is 3.22. The summed E-state index contributed by atoms with van der Waals surface area (Å²) in [7, 11) is 0. The van der Waals surface area contributed by atoms with Gasteiger partial charge in [0.2, 0.25) is 0 Å². The van der Waals surface area contributed by atoms with Gasteiger partial charge in [-0.15, -0.1) is 0 Å². The van der Waals surface area contributed by atoms with Gasteiger partial charge < -0.3 is 5.73 Å². The van der Waals surface area contributed by atoms with E-state index in [2.05, 4.69) is 16.1 Å². The average molecular weight is 229 g/mol. The molecule has 0 saturated carbocycles. The van der Waals surface area contributed by atoms with Gasteiger partial charge in [0.25, 0.3) is 0 Å². The van der Waals surface area contributed by atoms with E-state index < -0.39 is 0 Å². The number of nitrogens with two attached hydrogens (primary N) is 1. The fourth-order valence-electron chi connectivity index (χ4n) is 1.23. The van der Waals surface area contributed by atoms with E-state index in [1.165, 1.54) is 6.07 Å². The zero-order chi connectivity index (χ0) is 8.72. The summed E-state index contributed by atoms with van der Waals surface area (Å²) in [6.07, 6.45) is 1.63. The summed E-state index contributed by atoms with van der Waals surface area (Å²) in [6.45, 7) is 0. The van der Waals surface area contributed by atoms with Crippen LogP contribution in [0.15, 0.2) is 24.4 Å². The summed E-state index contributed by atoms with van der Waals surface area (Å²) in [5, 5.41) is 0.467. The van der Waals surface area contributed by atoms with E-state index in [4.69, 9.17) is 5.73 Å². The molecular formula is C8H6BrFN2. The second kappa shape index (κ2) is 2.48. The number of rotatable bonds is 0. The van der Waals surface area contributed by atoms with Crippen molar-refractivity contribution in [2.24, 2.45) is 0 Å². The lowest BCUT2D eigenvalue weighted by atomic mass is 10.2. The van der Waals surface area contributed by atoms with Crippen molar-refractivity contribution in [3.63, 3.8) is 0 Å². The molecule has 12 heavy (non-hydrogen) atoms. The smallest absolute Gasteiger partial charge is 0.134 e. The predicted octanol–water partition coefficient (Wildman–Crippen LogP) is 2.52. The minimum Gasteiger partial charge on any atom is -0.397 e. The molecule has 62 valence electrons. The lowest BCUT2D eigenvalue weighted by Crippen LogP contribution is -1.82. The molecule has 2 aromatic rings. The Hall–Kier alpha value is -1.03. The number of nitrogens with zero attached hydrogens (tertiary/aromatic N) is 1. The van der Waals surface area contributed by atoms with E-state index in [-0.39, 0.29) is 5.82 Å². The first-order chi connectivity index (χ1) is 5.70. The van der Waals surface area contributed by atoms with Crippen molar-refractivity contribution in [3.05, 3.63) is 30.2 Å². The maximum Gasteiger partial charge on any atom is 0.134 e. The minimum atomic E-state index is -0.289. The fourth-order valence-corrected chi connectivity index (χ4v) is 1.75. The highest BCUT2D eigenvalue weighted by molar-refractivity contribution is 9.08. The SMILES string of the molecule is Nc1cn(Br)c2cccc(F)c12. The largest absolute Gasteiger partial charge is 0.397 e. The van der Waals surface area contributed by atoms with Crippen LogP contribution in [-0.4, -0.2) is 3.59 Å². The fraction of sp³-hybridized carbons (Fsp3) is 0. The third-order valence-corrected chi connectivity index (χ3v) is 2.35. The van der Waals surface area contributed by atoms with Gasteiger partial charge in [-0.3, -0.25) is 3.59 Å². The standard InChI is InChI=1S/C8H6BrFN2/c9-12-4-6(11)8-5(10)2-1-3-7(8)12/h1-4H,11H2. The molecule has 0 saturated heterocycles. The van der Waals surface area contributed by atoms with Gasteiger partial charge in [-0.2, -0.15) is 0 Å². The second-order valence-corrected chi connectivity index (χ2v) is 3.29. The zero-order valence-corrected chi connectivity index (χ0v) is 7.68. The van der Waals surface area contributed by atoms with Crippen LogP contribution in [0, 0.1) is 5.82 Å². The summed E-state index contributed by atoms with van der Waals surface area (Å²) in [6, 6.07) is 4.84. The van der Waals surface area contributed by atoms with Gasteiger partial charge in [0.1, 0.15) is 5.82 Å². The molecule has 2 N–H and O–H groups in total. The number of aromatic nitrogens is 1. The van der Waals surface area contributed by atoms with Crippen molar-refractivity contribution < 1.29 is 4.39 Å². The molecule has 0 aliphatic rings. The van der Waals surface area contributed by atoms with Gasteiger partial charge in [-0.25, -0.2) is 4.39 Å². The van der Waals surface area contributed by atoms with Crippen LogP contribution >= 0.6 is 16.1 Å². The van der Waals surface area contributed by atoms with E-state index in [0.717, 1.165) is 5.52 Å². The highest BCUT2D eigenvalue weighted by Crippen LogP contribution is 2.27. The van der Waals surface area contributed by atoms with Crippen LogP contribution in [0.4, 0.5) is 10.1 Å². The predicted molar refractivity (Wildman–Crippen MR) is 50.6 cm³/mol. The molecule has 0 aliphatic carbocycles. The Kier molecular flexibility index (Phi) is 1.58. The molecule has 4 heteroatoms. The van der Waals surface area contributed by atoms with Gasteiger partial charge in [-0.05, 0) is 12.1 Å². The molecular weight excluding hydrogens is 223 g/mol. The summed E-state index contributed by atoms with van der Waals surface area (Å²) in [5.74, 6) is -0.289. The lowest BCUT2D eigenvalue weighted by molar-refractivity contribution is 0.640. The third-order valence-electron chi connectivity index (χ3n) is 1.76. The minimum absolute atomic E-state index is 0.289. The summed E-state index contributed by atoms with van der Waals surface area (Å²) in [4.78, 5) is 0. The number of fused-ring (bicyclic) bond motifs is 1. The number of anilines is 1. The van der Waals surface area contributed by atoms with Crippen LogP contribution in [0.1, 0.15) is 0 Å². The third kappa shape index (κ3) is 0.914. The Balaban J connectivity index is 2.99. The van der Waals surface area contributed by atoms with Gasteiger partial charge >= 0.3 is 0 Å². The molecule has 0 amide bonds. The maximum atomic E-state index is 13.1. The maximum absolute atomic E-state index is 13.1. The van der Waals surface area contributed by atoms with Gasteiger partial charge in [-0.1, -0.05) is 6.07 Å². The van der Waals surface area contributed by atoms with Crippen molar-refractivity contribution in [1.82, 2.24) is 3.59 Å². The number of halogens is 2. The van der Waals surface area contributed by atoms with E-state index in [1.807, 2.05) is 0 Å². The molecule has 0 atom stereocenters. The van der Waals surface area contributed by atoms with E-state index in [0.29, 0.717) is 11.1 Å². The summed E-state index contributed by atoms with van der Waals surface area (Å²) in [5.41, 5.74) is 6.77. The van der Waals surface area contributed by atoms with Crippen LogP contribution in [0.3, 0.4) is 0 Å². The Labute approximate surface area is 77.1 Å². The average Bonchev–Trinajstić information content (AvgIpc) is 2.29. The second-order valence-electron chi connectivity index (χ2n) is 2.53. The van der Waals surface area contributed by atoms with Crippen molar-refractivity contribution >= 4 is 32.7 Å². The molecule has 2 nitrogen and oxygen atoms in total. The Bertz CT molecular complexity index is 436. The van der Waals surface area contributed by atoms with Crippen molar-refractivity contribution in [3.8, 4) is 0 Å². The highest BCUT2D eigenvalue weighted by atomic mass is 79.9. The Morgan fingerprint density at radius 3 is 2.83 bits per heavy atom. The molecule has 0 bridgehead atoms. The van der Waals surface area contributed by atoms with E-state index >= 15 is 0 Å². The van der Waals surface area contributed by atoms with Gasteiger partial charge in [0, 0.05) is 6.20 Å². The molecule has 0 radical (unpaired) electrons. The van der Waals surface area contributed by atoms with E-state index in [9.17, 15) is 4.39 Å². The molecule has 1 heterocycles. The molecule has 0 unspecified atom stereocenters. The number of nitrogen functional groups attached to an aromatic ring is 1. The molecule has 0 spiro atoms. The van der Waals surface area contributed by atoms with Crippen LogP contribution in [0.25, 0.3) is 10.9 Å². The van der Waals surface area contributed by atoms with Crippen LogP contribution in [0.2, 0.25) is 0 Å². The van der Waals surface area contributed by atoms with Gasteiger partial charge in [0.15, 0.2) is 0 Å². The van der Waals surface area contributed by atoms with Crippen molar-refractivity contribution in [2.45, 2.75) is 0 Å². The molecule has 1 aromatic heterocycles. The molecule has 0 aliphatic heterocycles. The van der Waals surface area contributed by atoms with Crippen LogP contribution in [0.5, 0.6) is 0 Å². The highest BCUT2D eigenvalue weighted by Gasteiger charge is 2.07. The van der Waals surface area contributed by atoms with Gasteiger partial charge in [0.05, 0.1) is 32.7 Å². The Morgan fingerprint density at radius 1 is 1.42 bits per heavy atom. The van der Waals surface area contributed by atoms with Crippen molar-refractivity contribution in [2.75, 3.05) is 5.73 Å². The number of hydrogen-bond acceptors (Lipinski definition) is 1. The monoisotopic (exact) mass is 228 g/mol. The first kappa shape index (κ1) is 7.61. The van der Waals surface area contributed by atoms with Crippen molar-refractivity contribution in [1.29, 1.82) is 0 Å². The van der Waals surface area contributed by atoms with E-state index in [1.54, 1.807) is 21.9 Å². The molecule has 1 aromatic carbocycles. The quantitative estimate of drug-likeness (QED) is 0.739. The molecule has 0 fully saturated rings. The normalized spacial score (nSPS) is 10.8. The first-order valence-electron chi connectivity index (χ1n) is 3.41. The molecule has 2 rings (SSSR count). The lowest BCUT2D eigenvalue weighted by Gasteiger charge is -1.93. The number of hydrogen-bond donors (Lipinski definition) is 1.